The lowest BCUT2D eigenvalue weighted by molar-refractivity contribution is 1.31. The Labute approximate surface area is 183 Å². The lowest BCUT2D eigenvalue weighted by Crippen LogP contribution is -2.04. The van der Waals surface area contributed by atoms with Gasteiger partial charge in [-0.15, -0.1) is 47.0 Å². The third-order valence-electron chi connectivity index (χ3n) is 3.63. The Bertz CT molecular complexity index is 734. The van der Waals surface area contributed by atoms with E-state index in [9.17, 15) is 0 Å². The van der Waals surface area contributed by atoms with Crippen LogP contribution in [-0.2, 0) is 0 Å². The summed E-state index contributed by atoms with van der Waals surface area (Å²) in [4.78, 5) is 4.12. The molecule has 2 unspecified atom stereocenters. The van der Waals surface area contributed by atoms with Crippen molar-refractivity contribution in [2.24, 2.45) is 0 Å². The van der Waals surface area contributed by atoms with E-state index in [1.165, 1.54) is 32.3 Å². The maximum Gasteiger partial charge on any atom is 0.0765 e. The minimum atomic E-state index is 0.670. The third-order valence-corrected chi connectivity index (χ3v) is 16.3. The van der Waals surface area contributed by atoms with E-state index in [4.69, 9.17) is 0 Å². The van der Waals surface area contributed by atoms with Crippen molar-refractivity contribution in [1.82, 2.24) is 4.98 Å². The molecule has 1 saturated heterocycles. The number of thioether (sulfide) groups is 8. The summed E-state index contributed by atoms with van der Waals surface area (Å²) in [6, 6.07) is 4.19. The molecule has 0 aliphatic carbocycles. The number of pyridine rings is 1. The number of rotatable bonds is 3. The SMILES string of the molecule is CSC1SC(=C2SC3=C(S2)SC(=C(C)c2ccncc2)S3)SC1SC. The zero-order chi connectivity index (χ0) is 17.4. The molecule has 4 rings (SSSR count). The lowest BCUT2D eigenvalue weighted by Gasteiger charge is -2.10. The van der Waals surface area contributed by atoms with Gasteiger partial charge in [0, 0.05) is 12.4 Å². The van der Waals surface area contributed by atoms with Crippen LogP contribution in [0.1, 0.15) is 12.5 Å². The highest BCUT2D eigenvalue weighted by Crippen LogP contribution is 2.70. The molecule has 1 nitrogen and oxygen atoms in total. The van der Waals surface area contributed by atoms with E-state index in [2.05, 4.69) is 60.1 Å². The largest absolute Gasteiger partial charge is 0.265 e. The second kappa shape index (κ2) is 8.68. The van der Waals surface area contributed by atoms with Gasteiger partial charge in [-0.3, -0.25) is 4.98 Å². The van der Waals surface area contributed by atoms with E-state index in [1.807, 2.05) is 83.0 Å². The molecule has 0 radical (unpaired) electrons. The molecule has 1 aromatic heterocycles. The summed E-state index contributed by atoms with van der Waals surface area (Å²) in [5.74, 6) is 0. The van der Waals surface area contributed by atoms with Gasteiger partial charge in [0.2, 0.25) is 0 Å². The molecule has 4 heterocycles. The van der Waals surface area contributed by atoms with Crippen molar-refractivity contribution in [1.29, 1.82) is 0 Å². The van der Waals surface area contributed by atoms with E-state index >= 15 is 0 Å². The summed E-state index contributed by atoms with van der Waals surface area (Å²) in [7, 11) is 0. The smallest absolute Gasteiger partial charge is 0.0765 e. The maximum atomic E-state index is 4.12. The Morgan fingerprint density at radius 1 is 0.840 bits per heavy atom. The minimum absolute atomic E-state index is 0.670. The highest BCUT2D eigenvalue weighted by atomic mass is 32.3. The summed E-state index contributed by atoms with van der Waals surface area (Å²) in [5, 5.41) is 0. The van der Waals surface area contributed by atoms with Crippen LogP contribution in [0, 0.1) is 0 Å². The summed E-state index contributed by atoms with van der Waals surface area (Å²) >= 11 is 15.9. The second-order valence-corrected chi connectivity index (χ2v) is 15.4. The van der Waals surface area contributed by atoms with Gasteiger partial charge in [0.05, 0.1) is 30.3 Å². The molecule has 3 aliphatic heterocycles. The first-order valence-corrected chi connectivity index (χ1v) is 15.0. The average molecular weight is 478 g/mol. The molecule has 25 heavy (non-hydrogen) atoms. The van der Waals surface area contributed by atoms with Gasteiger partial charge in [-0.05, 0) is 42.7 Å². The van der Waals surface area contributed by atoms with Crippen LogP contribution in [-0.4, -0.2) is 26.7 Å². The van der Waals surface area contributed by atoms with Crippen LogP contribution < -0.4 is 0 Å². The van der Waals surface area contributed by atoms with Gasteiger partial charge in [0.1, 0.15) is 0 Å². The standard InChI is InChI=1S/C16H15NS8/c1-8(9-4-6-17-7-5-9)10-20-13-14(21-10)25-16(24-13)15-22-11(18-2)12(19-3)23-15/h4-7,11-12H,1-3H3. The molecule has 132 valence electrons. The minimum Gasteiger partial charge on any atom is -0.265 e. The summed E-state index contributed by atoms with van der Waals surface area (Å²) in [5.41, 5.74) is 2.63. The Morgan fingerprint density at radius 2 is 1.36 bits per heavy atom. The number of hydrogen-bond donors (Lipinski definition) is 0. The van der Waals surface area contributed by atoms with Crippen LogP contribution in [0.25, 0.3) is 5.57 Å². The molecule has 0 bridgehead atoms. The van der Waals surface area contributed by atoms with Crippen molar-refractivity contribution in [2.45, 2.75) is 16.1 Å². The van der Waals surface area contributed by atoms with Gasteiger partial charge in [0.25, 0.3) is 0 Å². The Morgan fingerprint density at radius 3 is 1.88 bits per heavy atom. The Balaban J connectivity index is 1.48. The topological polar surface area (TPSA) is 12.9 Å². The molecule has 0 saturated carbocycles. The summed E-state index contributed by atoms with van der Waals surface area (Å²) in [6.07, 6.45) is 8.20. The molecule has 0 aromatic carbocycles. The van der Waals surface area contributed by atoms with Gasteiger partial charge in [-0.1, -0.05) is 47.0 Å². The summed E-state index contributed by atoms with van der Waals surface area (Å²) < 4.78 is 8.71. The van der Waals surface area contributed by atoms with Crippen LogP contribution in [0.5, 0.6) is 0 Å². The fourth-order valence-corrected chi connectivity index (χ4v) is 15.2. The van der Waals surface area contributed by atoms with Crippen molar-refractivity contribution in [3.8, 4) is 0 Å². The predicted molar refractivity (Wildman–Crippen MR) is 131 cm³/mol. The molecule has 1 fully saturated rings. The molecular formula is C16H15NS8. The molecule has 9 heteroatoms. The van der Waals surface area contributed by atoms with E-state index < -0.39 is 0 Å². The molecule has 3 aliphatic rings. The number of allylic oxidation sites excluding steroid dienone is 1. The Kier molecular flexibility index (Phi) is 6.76. The van der Waals surface area contributed by atoms with Crippen molar-refractivity contribution >= 4 is 99.7 Å². The van der Waals surface area contributed by atoms with Crippen LogP contribution in [0.3, 0.4) is 0 Å². The van der Waals surface area contributed by atoms with Crippen LogP contribution in [0.15, 0.2) is 45.7 Å². The van der Waals surface area contributed by atoms with E-state index in [0.717, 1.165) is 0 Å². The molecule has 0 spiro atoms. The van der Waals surface area contributed by atoms with Gasteiger partial charge in [-0.25, -0.2) is 0 Å². The van der Waals surface area contributed by atoms with E-state index in [-0.39, 0.29) is 0 Å². The van der Waals surface area contributed by atoms with Crippen LogP contribution >= 0.6 is 94.1 Å². The highest BCUT2D eigenvalue weighted by Gasteiger charge is 2.38. The normalized spacial score (nSPS) is 26.0. The first-order chi connectivity index (χ1) is 12.2. The number of hydrogen-bond acceptors (Lipinski definition) is 9. The first-order valence-electron chi connectivity index (χ1n) is 7.39. The predicted octanol–water partition coefficient (Wildman–Crippen LogP) is 7.84. The zero-order valence-corrected chi connectivity index (χ0v) is 20.2. The number of aromatic nitrogens is 1. The Hall–Kier alpha value is 1.17. The lowest BCUT2D eigenvalue weighted by atomic mass is 10.1. The highest BCUT2D eigenvalue weighted by molar-refractivity contribution is 8.49. The van der Waals surface area contributed by atoms with E-state index in [1.54, 1.807) is 0 Å². The van der Waals surface area contributed by atoms with E-state index in [0.29, 0.717) is 9.16 Å². The van der Waals surface area contributed by atoms with Gasteiger partial charge >= 0.3 is 0 Å². The fraction of sp³-hybridized carbons (Fsp3) is 0.312. The second-order valence-electron chi connectivity index (χ2n) is 5.15. The van der Waals surface area contributed by atoms with Gasteiger partial charge in [0.15, 0.2) is 0 Å². The third kappa shape index (κ3) is 4.13. The van der Waals surface area contributed by atoms with Gasteiger partial charge in [-0.2, -0.15) is 0 Å². The molecule has 1 aromatic rings. The van der Waals surface area contributed by atoms with Crippen LogP contribution in [0.4, 0.5) is 0 Å². The average Bonchev–Trinajstić information content (AvgIpc) is 3.33. The number of nitrogens with zero attached hydrogens (tertiary/aromatic N) is 1. The fourth-order valence-electron chi connectivity index (χ4n) is 2.31. The quantitative estimate of drug-likeness (QED) is 0.428. The monoisotopic (exact) mass is 477 g/mol. The van der Waals surface area contributed by atoms with Crippen LogP contribution in [0.2, 0.25) is 0 Å². The zero-order valence-electron chi connectivity index (χ0n) is 13.7. The molecular weight excluding hydrogens is 463 g/mol. The molecule has 2 atom stereocenters. The van der Waals surface area contributed by atoms with Crippen molar-refractivity contribution < 1.29 is 0 Å². The van der Waals surface area contributed by atoms with Gasteiger partial charge < -0.3 is 0 Å². The molecule has 0 N–H and O–H groups in total. The molecule has 0 amide bonds. The van der Waals surface area contributed by atoms with Crippen molar-refractivity contribution in [3.05, 3.63) is 51.3 Å². The maximum absolute atomic E-state index is 4.12. The van der Waals surface area contributed by atoms with Crippen molar-refractivity contribution in [3.63, 3.8) is 0 Å². The first kappa shape index (κ1) is 19.5. The summed E-state index contributed by atoms with van der Waals surface area (Å²) in [6.45, 7) is 2.22. The van der Waals surface area contributed by atoms with Crippen molar-refractivity contribution in [2.75, 3.05) is 12.5 Å².